The first-order valence-electron chi connectivity index (χ1n) is 11.9. The Morgan fingerprint density at radius 3 is 2.48 bits per heavy atom. The van der Waals surface area contributed by atoms with Gasteiger partial charge in [-0.05, 0) is 74.2 Å². The van der Waals surface area contributed by atoms with Gasteiger partial charge in [0.1, 0.15) is 6.10 Å². The Morgan fingerprint density at radius 1 is 0.935 bits per heavy atom. The highest BCUT2D eigenvalue weighted by Gasteiger charge is 2.60. The van der Waals surface area contributed by atoms with Crippen LogP contribution >= 0.6 is 0 Å². The summed E-state index contributed by atoms with van der Waals surface area (Å²) in [4.78, 5) is 37.2. The van der Waals surface area contributed by atoms with Crippen LogP contribution in [0.25, 0.3) is 0 Å². The van der Waals surface area contributed by atoms with Crippen molar-refractivity contribution in [2.75, 3.05) is 0 Å². The van der Waals surface area contributed by atoms with Gasteiger partial charge in [-0.2, -0.15) is 0 Å². The van der Waals surface area contributed by atoms with Crippen LogP contribution < -0.4 is 0 Å². The van der Waals surface area contributed by atoms with Crippen molar-refractivity contribution in [3.63, 3.8) is 0 Å². The number of ketones is 2. The smallest absolute Gasteiger partial charge is 0.379 e. The molecule has 0 aromatic heterocycles. The lowest BCUT2D eigenvalue weighted by Gasteiger charge is -2.57. The summed E-state index contributed by atoms with van der Waals surface area (Å²) in [6.07, 6.45) is 9.60. The number of carbonyl (C=O) groups excluding carboxylic acids is 3. The Bertz CT molecular complexity index is 947. The maximum absolute atomic E-state index is 12.7. The molecule has 0 unspecified atom stereocenters. The van der Waals surface area contributed by atoms with Gasteiger partial charge in [0.05, 0.1) is 0 Å². The van der Waals surface area contributed by atoms with Crippen molar-refractivity contribution in [1.82, 2.24) is 0 Å². The molecule has 4 nitrogen and oxygen atoms in total. The van der Waals surface area contributed by atoms with Crippen molar-refractivity contribution in [3.05, 3.63) is 47.5 Å². The van der Waals surface area contributed by atoms with E-state index in [-0.39, 0.29) is 16.9 Å². The van der Waals surface area contributed by atoms with Crippen LogP contribution in [0, 0.1) is 28.6 Å². The Labute approximate surface area is 184 Å². The van der Waals surface area contributed by atoms with E-state index in [0.717, 1.165) is 44.9 Å². The van der Waals surface area contributed by atoms with Crippen LogP contribution in [0.3, 0.4) is 0 Å². The monoisotopic (exact) mass is 420 g/mol. The molecule has 4 heteroatoms. The molecule has 0 saturated heterocycles. The molecule has 31 heavy (non-hydrogen) atoms. The number of esters is 1. The average molecular weight is 421 g/mol. The standard InChI is InChI=1S/C27H32O4/c1-26-14-12-19(28)16-18(26)8-9-20-21-10-11-23(27(21,2)15-13-22(20)26)31-25(30)24(29)17-6-4-3-5-7-17/h3-7,16,20-23H,8-15H2,1-2H3/t20-,21-,22-,23-,26-,27-/m0/s1. The van der Waals surface area contributed by atoms with Crippen LogP contribution in [-0.4, -0.2) is 23.6 Å². The first-order chi connectivity index (χ1) is 14.8. The zero-order valence-corrected chi connectivity index (χ0v) is 18.6. The number of fused-ring (bicyclic) bond motifs is 5. The van der Waals surface area contributed by atoms with Gasteiger partial charge in [-0.25, -0.2) is 4.79 Å². The van der Waals surface area contributed by atoms with E-state index in [0.29, 0.717) is 35.5 Å². The molecule has 164 valence electrons. The van der Waals surface area contributed by atoms with Crippen molar-refractivity contribution in [2.45, 2.75) is 71.3 Å². The van der Waals surface area contributed by atoms with E-state index >= 15 is 0 Å². The molecule has 1 aromatic rings. The fourth-order valence-corrected chi connectivity index (χ4v) is 7.59. The summed E-state index contributed by atoms with van der Waals surface area (Å²) in [5.74, 6) is 0.774. The number of Topliss-reactive ketones (excluding diaryl/α,β-unsaturated/α-hetero) is 1. The maximum atomic E-state index is 12.7. The minimum absolute atomic E-state index is 0.0597. The average Bonchev–Trinajstić information content (AvgIpc) is 3.10. The summed E-state index contributed by atoms with van der Waals surface area (Å²) in [6, 6.07) is 8.68. The molecule has 0 radical (unpaired) electrons. The SMILES string of the molecule is C[C@]12CC[C@H]3[C@@H](CCC4=CC(=O)CC[C@@]43C)[C@@H]1CC[C@@H]2OC(=O)C(=O)c1ccccc1. The van der Waals surface area contributed by atoms with Gasteiger partial charge >= 0.3 is 5.97 Å². The second-order valence-electron chi connectivity index (χ2n) is 10.7. The Kier molecular flexibility index (Phi) is 4.95. The number of benzene rings is 1. The third kappa shape index (κ3) is 3.21. The molecule has 4 aliphatic carbocycles. The van der Waals surface area contributed by atoms with E-state index in [1.807, 2.05) is 12.1 Å². The molecule has 0 aliphatic heterocycles. The molecule has 6 atom stereocenters. The Morgan fingerprint density at radius 2 is 1.71 bits per heavy atom. The topological polar surface area (TPSA) is 60.4 Å². The second kappa shape index (κ2) is 7.43. The molecular weight excluding hydrogens is 388 g/mol. The van der Waals surface area contributed by atoms with Crippen LogP contribution in [0.4, 0.5) is 0 Å². The molecule has 3 saturated carbocycles. The third-order valence-corrected chi connectivity index (χ3v) is 9.35. The minimum atomic E-state index is -0.716. The summed E-state index contributed by atoms with van der Waals surface area (Å²) in [7, 11) is 0. The first kappa shape index (κ1) is 20.7. The lowest BCUT2D eigenvalue weighted by atomic mass is 9.47. The summed E-state index contributed by atoms with van der Waals surface area (Å²) in [5, 5.41) is 0. The van der Waals surface area contributed by atoms with E-state index in [1.54, 1.807) is 24.3 Å². The second-order valence-corrected chi connectivity index (χ2v) is 10.7. The molecule has 1 aromatic carbocycles. The number of ether oxygens (including phenoxy) is 1. The zero-order valence-electron chi connectivity index (χ0n) is 18.6. The van der Waals surface area contributed by atoms with Crippen molar-refractivity contribution in [1.29, 1.82) is 0 Å². The van der Waals surface area contributed by atoms with Crippen molar-refractivity contribution in [3.8, 4) is 0 Å². The van der Waals surface area contributed by atoms with Crippen LogP contribution in [0.1, 0.15) is 75.6 Å². The molecule has 0 spiro atoms. The van der Waals surface area contributed by atoms with Gasteiger partial charge in [-0.3, -0.25) is 9.59 Å². The van der Waals surface area contributed by atoms with Gasteiger partial charge in [0.25, 0.3) is 5.78 Å². The molecule has 0 amide bonds. The van der Waals surface area contributed by atoms with Crippen LogP contribution in [-0.2, 0) is 14.3 Å². The molecule has 3 fully saturated rings. The first-order valence-corrected chi connectivity index (χ1v) is 11.9. The summed E-state index contributed by atoms with van der Waals surface area (Å²) < 4.78 is 5.88. The van der Waals surface area contributed by atoms with Crippen LogP contribution in [0.5, 0.6) is 0 Å². The number of allylic oxidation sites excluding steroid dienone is 1. The Balaban J connectivity index is 1.33. The number of hydrogen-bond acceptors (Lipinski definition) is 4. The highest BCUT2D eigenvalue weighted by Crippen LogP contribution is 2.65. The Hall–Kier alpha value is -2.23. The summed E-state index contributed by atoms with van der Waals surface area (Å²) >= 11 is 0. The highest BCUT2D eigenvalue weighted by molar-refractivity contribution is 6.40. The van der Waals surface area contributed by atoms with Gasteiger partial charge in [0.2, 0.25) is 0 Å². The molecule has 0 heterocycles. The fourth-order valence-electron chi connectivity index (χ4n) is 7.59. The molecular formula is C27H32O4. The lowest BCUT2D eigenvalue weighted by molar-refractivity contribution is -0.154. The highest BCUT2D eigenvalue weighted by atomic mass is 16.5. The van der Waals surface area contributed by atoms with Crippen molar-refractivity contribution < 1.29 is 19.1 Å². The number of hydrogen-bond donors (Lipinski definition) is 0. The van der Waals surface area contributed by atoms with E-state index in [9.17, 15) is 14.4 Å². The van der Waals surface area contributed by atoms with Crippen molar-refractivity contribution >= 4 is 17.5 Å². The summed E-state index contributed by atoms with van der Waals surface area (Å²) in [5.41, 5.74) is 1.86. The largest absolute Gasteiger partial charge is 0.456 e. The third-order valence-electron chi connectivity index (χ3n) is 9.35. The van der Waals surface area contributed by atoms with Crippen LogP contribution in [0.2, 0.25) is 0 Å². The predicted octanol–water partition coefficient (Wildman–Crippen LogP) is 5.31. The zero-order chi connectivity index (χ0) is 21.8. The van der Waals surface area contributed by atoms with E-state index in [2.05, 4.69) is 13.8 Å². The normalized spacial score (nSPS) is 39.0. The minimum Gasteiger partial charge on any atom is -0.456 e. The van der Waals surface area contributed by atoms with E-state index < -0.39 is 11.8 Å². The van der Waals surface area contributed by atoms with Gasteiger partial charge in [-0.15, -0.1) is 0 Å². The lowest BCUT2D eigenvalue weighted by Crippen LogP contribution is -2.51. The molecule has 4 aliphatic rings. The fraction of sp³-hybridized carbons (Fsp3) is 0.593. The van der Waals surface area contributed by atoms with Crippen molar-refractivity contribution in [2.24, 2.45) is 28.6 Å². The van der Waals surface area contributed by atoms with Gasteiger partial charge in [-0.1, -0.05) is 49.8 Å². The number of rotatable bonds is 3. The molecule has 0 bridgehead atoms. The van der Waals surface area contributed by atoms with Gasteiger partial charge in [0, 0.05) is 17.4 Å². The quantitative estimate of drug-likeness (QED) is 0.378. The maximum Gasteiger partial charge on any atom is 0.379 e. The number of carbonyl (C=O) groups is 3. The van der Waals surface area contributed by atoms with E-state index in [1.165, 1.54) is 5.57 Å². The predicted molar refractivity (Wildman–Crippen MR) is 117 cm³/mol. The summed E-state index contributed by atoms with van der Waals surface area (Å²) in [6.45, 7) is 4.67. The van der Waals surface area contributed by atoms with Crippen LogP contribution in [0.15, 0.2) is 42.0 Å². The van der Waals surface area contributed by atoms with Gasteiger partial charge < -0.3 is 4.74 Å². The van der Waals surface area contributed by atoms with E-state index in [4.69, 9.17) is 4.74 Å². The molecule has 0 N–H and O–H groups in total. The molecule has 5 rings (SSSR count). The van der Waals surface area contributed by atoms with Gasteiger partial charge in [0.15, 0.2) is 5.78 Å².